The van der Waals surface area contributed by atoms with E-state index in [0.717, 1.165) is 27.2 Å². The maximum absolute atomic E-state index is 12.2. The lowest BCUT2D eigenvalue weighted by Crippen LogP contribution is -2.12. The third kappa shape index (κ3) is 4.58. The first kappa shape index (κ1) is 18.7. The molecule has 0 saturated carbocycles. The van der Waals surface area contributed by atoms with Crippen molar-refractivity contribution >= 4 is 45.0 Å². The number of anilines is 1. The Morgan fingerprint density at radius 1 is 1.04 bits per heavy atom. The fraction of sp³-hybridized carbons (Fsp3) is 0.136. The van der Waals surface area contributed by atoms with Crippen molar-refractivity contribution in [3.05, 3.63) is 71.6 Å². The number of nitrogens with zero attached hydrogens (tertiary/aromatic N) is 2. The van der Waals surface area contributed by atoms with E-state index in [2.05, 4.69) is 40.4 Å². The fourth-order valence-corrected chi connectivity index (χ4v) is 4.31. The van der Waals surface area contributed by atoms with Crippen molar-refractivity contribution in [2.75, 3.05) is 11.1 Å². The molecule has 2 heterocycles. The molecular formula is C22H19N3OS2. The summed E-state index contributed by atoms with van der Waals surface area (Å²) >= 11 is 3.03. The van der Waals surface area contributed by atoms with Crippen LogP contribution in [-0.2, 0) is 4.79 Å². The van der Waals surface area contributed by atoms with Crippen molar-refractivity contribution in [1.29, 1.82) is 0 Å². The molecule has 1 N–H and O–H groups in total. The summed E-state index contributed by atoms with van der Waals surface area (Å²) in [6.07, 6.45) is 0.415. The molecule has 0 aliphatic rings. The first-order chi connectivity index (χ1) is 13.7. The number of benzene rings is 2. The molecule has 0 atom stereocenters. The molecule has 0 fully saturated rings. The summed E-state index contributed by atoms with van der Waals surface area (Å²) in [5.41, 5.74) is 4.13. The van der Waals surface area contributed by atoms with Crippen LogP contribution in [0.5, 0.6) is 0 Å². The molecule has 4 rings (SSSR count). The molecule has 0 aliphatic heterocycles. The minimum atomic E-state index is -0.0295. The monoisotopic (exact) mass is 405 g/mol. The molecular weight excluding hydrogens is 386 g/mol. The molecule has 0 bridgehead atoms. The number of carbonyl (C=O) groups is 1. The Morgan fingerprint density at radius 3 is 2.71 bits per heavy atom. The molecule has 140 valence electrons. The molecule has 2 aromatic carbocycles. The average molecular weight is 406 g/mol. The highest BCUT2D eigenvalue weighted by atomic mass is 32.2. The van der Waals surface area contributed by atoms with Gasteiger partial charge in [0.15, 0.2) is 5.13 Å². The Hall–Kier alpha value is -2.70. The second-order valence-corrected chi connectivity index (χ2v) is 8.37. The van der Waals surface area contributed by atoms with Crippen LogP contribution in [0.15, 0.2) is 71.1 Å². The van der Waals surface area contributed by atoms with E-state index < -0.39 is 0 Å². The van der Waals surface area contributed by atoms with Gasteiger partial charge in [-0.25, -0.2) is 9.97 Å². The van der Waals surface area contributed by atoms with E-state index in [4.69, 9.17) is 0 Å². The second kappa shape index (κ2) is 8.54. The number of aryl methyl sites for hydroxylation is 1. The SMILES string of the molecule is Cc1ccc(-c2csc(NC(=O)CCSc3ccc4ccccc4n3)n2)cc1. The average Bonchev–Trinajstić information content (AvgIpc) is 3.17. The van der Waals surface area contributed by atoms with Gasteiger partial charge >= 0.3 is 0 Å². The first-order valence-corrected chi connectivity index (χ1v) is 10.8. The van der Waals surface area contributed by atoms with Gasteiger partial charge in [0, 0.05) is 28.5 Å². The fourth-order valence-electron chi connectivity index (χ4n) is 2.75. The van der Waals surface area contributed by atoms with Crippen molar-refractivity contribution in [2.24, 2.45) is 0 Å². The van der Waals surface area contributed by atoms with Crippen LogP contribution in [-0.4, -0.2) is 21.6 Å². The summed E-state index contributed by atoms with van der Waals surface area (Å²) in [6, 6.07) is 20.3. The predicted octanol–water partition coefficient (Wildman–Crippen LogP) is 5.79. The Balaban J connectivity index is 1.30. The topological polar surface area (TPSA) is 54.9 Å². The Kier molecular flexibility index (Phi) is 5.69. The van der Waals surface area contributed by atoms with Crippen molar-refractivity contribution in [3.63, 3.8) is 0 Å². The molecule has 0 radical (unpaired) electrons. The van der Waals surface area contributed by atoms with Gasteiger partial charge in [0.25, 0.3) is 0 Å². The lowest BCUT2D eigenvalue weighted by Gasteiger charge is -2.03. The lowest BCUT2D eigenvalue weighted by molar-refractivity contribution is -0.115. The number of rotatable bonds is 6. The summed E-state index contributed by atoms with van der Waals surface area (Å²) < 4.78 is 0. The quantitative estimate of drug-likeness (QED) is 0.413. The van der Waals surface area contributed by atoms with Gasteiger partial charge < -0.3 is 5.32 Å². The van der Waals surface area contributed by atoms with Crippen molar-refractivity contribution in [3.8, 4) is 11.3 Å². The van der Waals surface area contributed by atoms with Crippen LogP contribution in [0.4, 0.5) is 5.13 Å². The minimum Gasteiger partial charge on any atom is -0.302 e. The normalized spacial score (nSPS) is 10.9. The number of pyridine rings is 1. The Bertz CT molecular complexity index is 1110. The highest BCUT2D eigenvalue weighted by Crippen LogP contribution is 2.25. The van der Waals surface area contributed by atoms with E-state index in [9.17, 15) is 4.79 Å². The maximum Gasteiger partial charge on any atom is 0.226 e. The van der Waals surface area contributed by atoms with Gasteiger partial charge in [0.1, 0.15) is 0 Å². The van der Waals surface area contributed by atoms with Crippen LogP contribution in [0.3, 0.4) is 0 Å². The molecule has 0 aliphatic carbocycles. The van der Waals surface area contributed by atoms with Gasteiger partial charge in [0.05, 0.1) is 16.2 Å². The van der Waals surface area contributed by atoms with E-state index >= 15 is 0 Å². The number of hydrogen-bond acceptors (Lipinski definition) is 5. The lowest BCUT2D eigenvalue weighted by atomic mass is 10.1. The van der Waals surface area contributed by atoms with E-state index in [1.807, 2.05) is 47.8 Å². The Labute approximate surface area is 172 Å². The number of thiazole rings is 1. The van der Waals surface area contributed by atoms with E-state index in [1.165, 1.54) is 16.9 Å². The number of aromatic nitrogens is 2. The molecule has 0 saturated heterocycles. The van der Waals surface area contributed by atoms with Crippen LogP contribution in [0, 0.1) is 6.92 Å². The Morgan fingerprint density at radius 2 is 1.86 bits per heavy atom. The molecule has 4 nitrogen and oxygen atoms in total. The number of para-hydroxylation sites is 1. The van der Waals surface area contributed by atoms with Crippen LogP contribution < -0.4 is 5.32 Å². The highest BCUT2D eigenvalue weighted by Gasteiger charge is 2.09. The second-order valence-electron chi connectivity index (χ2n) is 6.39. The van der Waals surface area contributed by atoms with E-state index in [0.29, 0.717) is 17.3 Å². The summed E-state index contributed by atoms with van der Waals surface area (Å²) in [4.78, 5) is 21.4. The number of thioether (sulfide) groups is 1. The zero-order valence-corrected chi connectivity index (χ0v) is 17.0. The van der Waals surface area contributed by atoms with Crippen molar-refractivity contribution < 1.29 is 4.79 Å². The maximum atomic E-state index is 12.2. The van der Waals surface area contributed by atoms with Gasteiger partial charge in [-0.05, 0) is 19.1 Å². The molecule has 6 heteroatoms. The molecule has 1 amide bonds. The summed E-state index contributed by atoms with van der Waals surface area (Å²) in [6.45, 7) is 2.06. The third-order valence-electron chi connectivity index (χ3n) is 4.25. The number of hydrogen-bond donors (Lipinski definition) is 1. The van der Waals surface area contributed by atoms with Gasteiger partial charge in [-0.15, -0.1) is 23.1 Å². The first-order valence-electron chi connectivity index (χ1n) is 8.98. The summed E-state index contributed by atoms with van der Waals surface area (Å²) in [5, 5.41) is 7.55. The van der Waals surface area contributed by atoms with Crippen LogP contribution in [0.2, 0.25) is 0 Å². The molecule has 28 heavy (non-hydrogen) atoms. The van der Waals surface area contributed by atoms with E-state index in [-0.39, 0.29) is 5.91 Å². The molecule has 0 unspecified atom stereocenters. The van der Waals surface area contributed by atoms with Gasteiger partial charge in [-0.1, -0.05) is 54.1 Å². The molecule has 4 aromatic rings. The van der Waals surface area contributed by atoms with Gasteiger partial charge in [-0.2, -0.15) is 0 Å². The third-order valence-corrected chi connectivity index (χ3v) is 5.94. The van der Waals surface area contributed by atoms with Crippen LogP contribution in [0.1, 0.15) is 12.0 Å². The number of carbonyl (C=O) groups excluding carboxylic acids is 1. The van der Waals surface area contributed by atoms with Crippen molar-refractivity contribution in [1.82, 2.24) is 9.97 Å². The summed E-state index contributed by atoms with van der Waals surface area (Å²) in [5.74, 6) is 0.644. The standard InChI is InChI=1S/C22H19N3OS2/c1-15-6-8-17(9-7-15)19-14-28-22(24-19)25-20(26)12-13-27-21-11-10-16-4-2-3-5-18(16)23-21/h2-11,14H,12-13H2,1H3,(H,24,25,26). The van der Waals surface area contributed by atoms with Crippen LogP contribution >= 0.6 is 23.1 Å². The van der Waals surface area contributed by atoms with Crippen molar-refractivity contribution in [2.45, 2.75) is 18.4 Å². The molecule has 0 spiro atoms. The summed E-state index contributed by atoms with van der Waals surface area (Å²) in [7, 11) is 0. The van der Waals surface area contributed by atoms with Gasteiger partial charge in [0.2, 0.25) is 5.91 Å². The number of amides is 1. The number of nitrogens with one attached hydrogen (secondary N) is 1. The smallest absolute Gasteiger partial charge is 0.226 e. The van der Waals surface area contributed by atoms with Gasteiger partial charge in [-0.3, -0.25) is 4.79 Å². The zero-order chi connectivity index (χ0) is 19.3. The number of fused-ring (bicyclic) bond motifs is 1. The zero-order valence-electron chi connectivity index (χ0n) is 15.4. The minimum absolute atomic E-state index is 0.0295. The predicted molar refractivity (Wildman–Crippen MR) is 118 cm³/mol. The molecule has 2 aromatic heterocycles. The largest absolute Gasteiger partial charge is 0.302 e. The highest BCUT2D eigenvalue weighted by molar-refractivity contribution is 7.99. The van der Waals surface area contributed by atoms with E-state index in [1.54, 1.807) is 11.8 Å². The van der Waals surface area contributed by atoms with Crippen LogP contribution in [0.25, 0.3) is 22.2 Å².